The number of nitrogens with zero attached hydrogens (tertiary/aromatic N) is 1. The van der Waals surface area contributed by atoms with E-state index >= 15 is 0 Å². The maximum atomic E-state index is 5.75. The lowest BCUT2D eigenvalue weighted by Gasteiger charge is -2.28. The fourth-order valence-electron chi connectivity index (χ4n) is 1.62. The van der Waals surface area contributed by atoms with E-state index < -0.39 is 0 Å². The molecule has 0 saturated carbocycles. The Morgan fingerprint density at radius 2 is 1.79 bits per heavy atom. The zero-order chi connectivity index (χ0) is 9.80. The predicted octanol–water partition coefficient (Wildman–Crippen LogP) is 2.98. The van der Waals surface area contributed by atoms with Gasteiger partial charge in [0.05, 0.1) is 0 Å². The van der Waals surface area contributed by atoms with Crippen molar-refractivity contribution in [1.29, 1.82) is 0 Å². The van der Waals surface area contributed by atoms with E-state index in [1.165, 1.54) is 35.8 Å². The Labute approximate surface area is 94.4 Å². The lowest BCUT2D eigenvalue weighted by Crippen LogP contribution is -2.32. The van der Waals surface area contributed by atoms with Crippen molar-refractivity contribution in [2.75, 3.05) is 29.5 Å². The molecule has 0 radical (unpaired) electrons. The summed E-state index contributed by atoms with van der Waals surface area (Å²) in [6, 6.07) is 8.58. The van der Waals surface area contributed by atoms with Gasteiger partial charge >= 0.3 is 0 Å². The largest absolute Gasteiger partial charge is 0.370 e. The van der Waals surface area contributed by atoms with E-state index in [-0.39, 0.29) is 0 Å². The van der Waals surface area contributed by atoms with Crippen molar-refractivity contribution in [3.63, 3.8) is 0 Å². The zero-order valence-corrected chi connectivity index (χ0v) is 9.65. The van der Waals surface area contributed by atoms with Crippen LogP contribution in [-0.2, 0) is 5.88 Å². The van der Waals surface area contributed by atoms with Gasteiger partial charge in [0.25, 0.3) is 0 Å². The SMILES string of the molecule is ClCc1ccc(N2CCSCC2)cc1. The first-order valence-corrected chi connectivity index (χ1v) is 6.56. The van der Waals surface area contributed by atoms with Crippen molar-refractivity contribution in [1.82, 2.24) is 0 Å². The molecule has 14 heavy (non-hydrogen) atoms. The first-order chi connectivity index (χ1) is 6.90. The highest BCUT2D eigenvalue weighted by molar-refractivity contribution is 7.99. The molecule has 0 aromatic heterocycles. The highest BCUT2D eigenvalue weighted by atomic mass is 35.5. The summed E-state index contributed by atoms with van der Waals surface area (Å²) in [5.74, 6) is 3.10. The maximum Gasteiger partial charge on any atom is 0.0474 e. The molecule has 1 aliphatic heterocycles. The Bertz CT molecular complexity index is 280. The molecule has 1 heterocycles. The Hall–Kier alpha value is -0.340. The molecular formula is C11H14ClNS. The molecule has 0 unspecified atom stereocenters. The second-order valence-electron chi connectivity index (χ2n) is 3.40. The van der Waals surface area contributed by atoms with Crippen LogP contribution in [0.25, 0.3) is 0 Å². The van der Waals surface area contributed by atoms with Crippen LogP contribution < -0.4 is 4.90 Å². The minimum Gasteiger partial charge on any atom is -0.370 e. The number of benzene rings is 1. The van der Waals surface area contributed by atoms with Gasteiger partial charge in [-0.1, -0.05) is 12.1 Å². The molecule has 76 valence electrons. The van der Waals surface area contributed by atoms with E-state index in [9.17, 15) is 0 Å². The van der Waals surface area contributed by atoms with Gasteiger partial charge in [-0.2, -0.15) is 11.8 Å². The van der Waals surface area contributed by atoms with Crippen LogP contribution in [0.1, 0.15) is 5.56 Å². The van der Waals surface area contributed by atoms with E-state index in [4.69, 9.17) is 11.6 Å². The lowest BCUT2D eigenvalue weighted by atomic mass is 10.2. The maximum absolute atomic E-state index is 5.75. The normalized spacial score (nSPS) is 17.1. The van der Waals surface area contributed by atoms with E-state index in [1.54, 1.807) is 0 Å². The molecule has 3 heteroatoms. The average Bonchev–Trinajstić information content (AvgIpc) is 2.30. The van der Waals surface area contributed by atoms with Crippen LogP contribution in [0.5, 0.6) is 0 Å². The smallest absolute Gasteiger partial charge is 0.0474 e. The zero-order valence-electron chi connectivity index (χ0n) is 8.08. The molecule has 1 fully saturated rings. The van der Waals surface area contributed by atoms with Gasteiger partial charge in [-0.15, -0.1) is 11.6 Å². The van der Waals surface area contributed by atoms with Gasteiger partial charge < -0.3 is 4.90 Å². The third-order valence-corrected chi connectivity index (χ3v) is 3.72. The van der Waals surface area contributed by atoms with Crippen molar-refractivity contribution >= 4 is 29.1 Å². The van der Waals surface area contributed by atoms with Crippen LogP contribution in [0.2, 0.25) is 0 Å². The lowest BCUT2D eigenvalue weighted by molar-refractivity contribution is 0.858. The van der Waals surface area contributed by atoms with Crippen LogP contribution >= 0.6 is 23.4 Å². The van der Waals surface area contributed by atoms with E-state index in [1.807, 2.05) is 11.8 Å². The number of halogens is 1. The summed E-state index contributed by atoms with van der Waals surface area (Å²) in [6.45, 7) is 2.34. The minimum atomic E-state index is 0.607. The molecule has 0 aliphatic carbocycles. The molecule has 1 aromatic rings. The molecule has 1 aromatic carbocycles. The Morgan fingerprint density at radius 3 is 2.36 bits per heavy atom. The summed E-state index contributed by atoms with van der Waals surface area (Å²) < 4.78 is 0. The fraction of sp³-hybridized carbons (Fsp3) is 0.455. The third-order valence-electron chi connectivity index (χ3n) is 2.47. The topological polar surface area (TPSA) is 3.24 Å². The quantitative estimate of drug-likeness (QED) is 0.715. The van der Waals surface area contributed by atoms with Crippen molar-refractivity contribution in [3.05, 3.63) is 29.8 Å². The molecule has 0 amide bonds. The van der Waals surface area contributed by atoms with Gasteiger partial charge in [0.15, 0.2) is 0 Å². The fourth-order valence-corrected chi connectivity index (χ4v) is 2.70. The summed E-state index contributed by atoms with van der Waals surface area (Å²) in [6.07, 6.45) is 0. The van der Waals surface area contributed by atoms with Gasteiger partial charge in [-0.25, -0.2) is 0 Å². The third kappa shape index (κ3) is 2.37. The van der Waals surface area contributed by atoms with Crippen molar-refractivity contribution in [2.24, 2.45) is 0 Å². The van der Waals surface area contributed by atoms with Gasteiger partial charge in [0.2, 0.25) is 0 Å². The summed E-state index contributed by atoms with van der Waals surface area (Å²) in [5.41, 5.74) is 2.53. The van der Waals surface area contributed by atoms with Crippen LogP contribution in [0.15, 0.2) is 24.3 Å². The van der Waals surface area contributed by atoms with Crippen molar-refractivity contribution in [3.8, 4) is 0 Å². The van der Waals surface area contributed by atoms with Gasteiger partial charge in [-0.3, -0.25) is 0 Å². The standard InChI is InChI=1S/C11H14ClNS/c12-9-10-1-3-11(4-2-10)13-5-7-14-8-6-13/h1-4H,5-9H2. The van der Waals surface area contributed by atoms with Crippen LogP contribution in [-0.4, -0.2) is 24.6 Å². The molecule has 0 bridgehead atoms. The Balaban J connectivity index is 2.07. The van der Waals surface area contributed by atoms with Gasteiger partial charge in [0, 0.05) is 36.2 Å². The Morgan fingerprint density at radius 1 is 1.14 bits per heavy atom. The van der Waals surface area contributed by atoms with E-state index in [2.05, 4.69) is 29.2 Å². The molecule has 1 saturated heterocycles. The predicted molar refractivity (Wildman–Crippen MR) is 65.5 cm³/mol. The number of hydrogen-bond donors (Lipinski definition) is 0. The molecule has 1 aliphatic rings. The second kappa shape index (κ2) is 4.94. The first-order valence-electron chi connectivity index (χ1n) is 4.88. The number of anilines is 1. The molecule has 1 nitrogen and oxygen atoms in total. The minimum absolute atomic E-state index is 0.607. The summed E-state index contributed by atoms with van der Waals surface area (Å²) >= 11 is 7.79. The van der Waals surface area contributed by atoms with Crippen molar-refractivity contribution < 1.29 is 0 Å². The van der Waals surface area contributed by atoms with Gasteiger partial charge in [-0.05, 0) is 17.7 Å². The number of thioether (sulfide) groups is 1. The second-order valence-corrected chi connectivity index (χ2v) is 4.89. The number of rotatable bonds is 2. The Kier molecular flexibility index (Phi) is 3.60. The molecule has 2 rings (SSSR count). The number of alkyl halides is 1. The van der Waals surface area contributed by atoms with Crippen LogP contribution in [0.3, 0.4) is 0 Å². The molecule has 0 atom stereocenters. The highest BCUT2D eigenvalue weighted by Crippen LogP contribution is 2.20. The number of hydrogen-bond acceptors (Lipinski definition) is 2. The van der Waals surface area contributed by atoms with Crippen molar-refractivity contribution in [2.45, 2.75) is 5.88 Å². The van der Waals surface area contributed by atoms with E-state index in [0.717, 1.165) is 0 Å². The van der Waals surface area contributed by atoms with E-state index in [0.29, 0.717) is 5.88 Å². The summed E-state index contributed by atoms with van der Waals surface area (Å²) in [4.78, 5) is 2.44. The van der Waals surface area contributed by atoms with Crippen LogP contribution in [0, 0.1) is 0 Å². The summed E-state index contributed by atoms with van der Waals surface area (Å²) in [7, 11) is 0. The monoisotopic (exact) mass is 227 g/mol. The first kappa shape index (κ1) is 10.2. The highest BCUT2D eigenvalue weighted by Gasteiger charge is 2.10. The molecule has 0 N–H and O–H groups in total. The van der Waals surface area contributed by atoms with Gasteiger partial charge in [0.1, 0.15) is 0 Å². The molecule has 0 spiro atoms. The molecular weight excluding hydrogens is 214 g/mol. The summed E-state index contributed by atoms with van der Waals surface area (Å²) in [5, 5.41) is 0. The van der Waals surface area contributed by atoms with Crippen LogP contribution in [0.4, 0.5) is 5.69 Å². The average molecular weight is 228 g/mol.